The first-order valence-electron chi connectivity index (χ1n) is 9.76. The molecule has 0 atom stereocenters. The van der Waals surface area contributed by atoms with Gasteiger partial charge in [-0.2, -0.15) is 10.4 Å². The average molecular weight is 572 g/mol. The van der Waals surface area contributed by atoms with Gasteiger partial charge in [-0.25, -0.2) is 40.7 Å². The number of carbonyl (C=O) groups excluding carboxylic acids is 1. The lowest BCUT2D eigenvalue weighted by atomic mass is 10.2. The molecule has 0 aliphatic carbocycles. The molecule has 37 heavy (non-hydrogen) atoms. The zero-order valence-corrected chi connectivity index (χ0v) is 22.3. The summed E-state index contributed by atoms with van der Waals surface area (Å²) in [6.07, 6.45) is 1.51. The van der Waals surface area contributed by atoms with Crippen molar-refractivity contribution in [3.8, 4) is 6.07 Å². The summed E-state index contributed by atoms with van der Waals surface area (Å²) in [5.74, 6) is -0.184. The normalized spacial score (nSPS) is 11.2. The van der Waals surface area contributed by atoms with Crippen LogP contribution in [0.4, 0.5) is 0 Å². The van der Waals surface area contributed by atoms with Gasteiger partial charge in [-0.1, -0.05) is 0 Å². The van der Waals surface area contributed by atoms with E-state index in [1.54, 1.807) is 21.1 Å². The van der Waals surface area contributed by atoms with Crippen LogP contribution < -0.4 is 15.4 Å². The number of hydrogen-bond acceptors (Lipinski definition) is 9. The number of aryl methyl sites for hydroxylation is 1. The van der Waals surface area contributed by atoms with Gasteiger partial charge < -0.3 is 4.90 Å². The van der Waals surface area contributed by atoms with Gasteiger partial charge in [-0.15, -0.1) is 0 Å². The van der Waals surface area contributed by atoms with Crippen molar-refractivity contribution >= 4 is 36.0 Å². The molecule has 0 spiro atoms. The van der Waals surface area contributed by atoms with Crippen molar-refractivity contribution in [3.63, 3.8) is 0 Å². The van der Waals surface area contributed by atoms with Crippen molar-refractivity contribution in [2.75, 3.05) is 14.1 Å². The summed E-state index contributed by atoms with van der Waals surface area (Å²) in [6, 6.07) is 14.1. The highest BCUT2D eigenvalue weighted by Crippen LogP contribution is 2.10. The molecule has 2 aromatic carbocycles. The summed E-state index contributed by atoms with van der Waals surface area (Å²) in [5, 5.41) is 26.4. The lowest BCUT2D eigenvalue weighted by Crippen LogP contribution is -2.21. The number of amides is 1. The van der Waals surface area contributed by atoms with E-state index in [0.29, 0.717) is 11.1 Å². The van der Waals surface area contributed by atoms with Gasteiger partial charge in [0.05, 0.1) is 21.4 Å². The molecule has 0 aliphatic rings. The molecular formula is C20H25N7O7S3. The van der Waals surface area contributed by atoms with Crippen molar-refractivity contribution in [1.82, 2.24) is 14.7 Å². The van der Waals surface area contributed by atoms with Gasteiger partial charge in [0, 0.05) is 32.9 Å². The molecule has 0 unspecified atom stereocenters. The molecule has 6 N–H and O–H groups in total. The Morgan fingerprint density at radius 3 is 1.51 bits per heavy atom. The van der Waals surface area contributed by atoms with Gasteiger partial charge in [-0.3, -0.25) is 9.48 Å². The minimum atomic E-state index is -3.69. The number of nitrogens with zero attached hydrogens (tertiary/aromatic N) is 4. The number of hydrogen-bond donors (Lipinski definition) is 3. The highest BCUT2D eigenvalue weighted by Gasteiger charge is 2.11. The molecule has 1 aromatic heterocycles. The van der Waals surface area contributed by atoms with E-state index in [1.165, 1.54) is 70.4 Å². The number of nitrogens with two attached hydrogens (primary N) is 3. The largest absolute Gasteiger partial charge is 0.345 e. The van der Waals surface area contributed by atoms with E-state index in [0.717, 1.165) is 0 Å². The number of benzene rings is 2. The SMILES string of the molecule is CN(C)C(=O)c1ccc(S(N)(=O)=O)cc1.Cn1ccc(S(N)(=O)=O)n1.N#Cc1ccc(S(N)(=O)=O)cc1. The summed E-state index contributed by atoms with van der Waals surface area (Å²) in [6.45, 7) is 0. The first kappa shape index (κ1) is 31.4. The fourth-order valence-electron chi connectivity index (χ4n) is 2.31. The third-order valence-corrected chi connectivity index (χ3v) is 6.79. The molecule has 3 aromatic rings. The van der Waals surface area contributed by atoms with Crippen LogP contribution in [0.1, 0.15) is 15.9 Å². The highest BCUT2D eigenvalue weighted by molar-refractivity contribution is 7.89. The molecule has 0 saturated heterocycles. The van der Waals surface area contributed by atoms with Gasteiger partial charge in [0.15, 0.2) is 5.03 Å². The second-order valence-corrected chi connectivity index (χ2v) is 12.0. The van der Waals surface area contributed by atoms with Crippen molar-refractivity contribution < 1.29 is 30.0 Å². The summed E-state index contributed by atoms with van der Waals surface area (Å²) < 4.78 is 65.8. The van der Waals surface area contributed by atoms with E-state index in [-0.39, 0.29) is 20.7 Å². The van der Waals surface area contributed by atoms with Crippen LogP contribution in [0.3, 0.4) is 0 Å². The third kappa shape index (κ3) is 10.5. The molecule has 0 radical (unpaired) electrons. The van der Waals surface area contributed by atoms with E-state index in [1.807, 2.05) is 6.07 Å². The van der Waals surface area contributed by atoms with E-state index in [9.17, 15) is 30.0 Å². The molecule has 17 heteroatoms. The standard InChI is InChI=1S/C9H12N2O3S.C7H6N2O2S.C4H7N3O2S/c1-11(2)9(12)7-3-5-8(6-4-7)15(10,13)14;8-5-6-1-3-7(4-2-6)12(9,10)11;1-7-3-2-4(6-7)10(5,8)9/h3-6H,1-2H3,(H2,10,13,14);1-4H,(H2,9,10,11);2-3H,1H3,(H2,5,8,9). The molecule has 0 aliphatic heterocycles. The van der Waals surface area contributed by atoms with Crippen LogP contribution in [0.25, 0.3) is 0 Å². The van der Waals surface area contributed by atoms with Crippen LogP contribution in [0.15, 0.2) is 75.6 Å². The maximum atomic E-state index is 11.5. The predicted molar refractivity (Wildman–Crippen MR) is 133 cm³/mol. The Morgan fingerprint density at radius 1 is 0.811 bits per heavy atom. The van der Waals surface area contributed by atoms with Gasteiger partial charge in [0.2, 0.25) is 20.0 Å². The van der Waals surface area contributed by atoms with Crippen LogP contribution >= 0.6 is 0 Å². The molecule has 3 rings (SSSR count). The van der Waals surface area contributed by atoms with E-state index in [2.05, 4.69) is 5.10 Å². The highest BCUT2D eigenvalue weighted by atomic mass is 32.2. The van der Waals surface area contributed by atoms with Gasteiger partial charge >= 0.3 is 0 Å². The molecule has 1 amide bonds. The number of primary sulfonamides is 3. The van der Waals surface area contributed by atoms with E-state index >= 15 is 0 Å². The number of sulfonamides is 3. The van der Waals surface area contributed by atoms with Gasteiger partial charge in [-0.05, 0) is 54.6 Å². The number of nitriles is 1. The Labute approximate surface area is 215 Å². The van der Waals surface area contributed by atoms with Crippen molar-refractivity contribution in [3.05, 3.63) is 71.9 Å². The van der Waals surface area contributed by atoms with Crippen LogP contribution in [-0.4, -0.2) is 59.9 Å². The minimum Gasteiger partial charge on any atom is -0.345 e. The quantitative estimate of drug-likeness (QED) is 0.358. The first-order valence-corrected chi connectivity index (χ1v) is 14.4. The van der Waals surface area contributed by atoms with E-state index < -0.39 is 30.1 Å². The van der Waals surface area contributed by atoms with Crippen molar-refractivity contribution in [2.45, 2.75) is 14.8 Å². The van der Waals surface area contributed by atoms with Crippen LogP contribution in [0, 0.1) is 11.3 Å². The molecule has 14 nitrogen and oxygen atoms in total. The zero-order chi connectivity index (χ0) is 28.6. The third-order valence-electron chi connectivity index (χ3n) is 4.13. The maximum Gasteiger partial charge on any atom is 0.257 e. The molecule has 200 valence electrons. The average Bonchev–Trinajstić information content (AvgIpc) is 3.25. The topological polar surface area (TPSA) is 242 Å². The van der Waals surface area contributed by atoms with Gasteiger partial charge in [0.25, 0.3) is 15.9 Å². The molecule has 0 bridgehead atoms. The predicted octanol–water partition coefficient (Wildman–Crippen LogP) is -0.691. The maximum absolute atomic E-state index is 11.5. The second-order valence-electron chi connectivity index (χ2n) is 7.32. The lowest BCUT2D eigenvalue weighted by Gasteiger charge is -2.09. The smallest absolute Gasteiger partial charge is 0.257 e. The van der Waals surface area contributed by atoms with Crippen LogP contribution in [0.2, 0.25) is 0 Å². The second kappa shape index (κ2) is 12.5. The zero-order valence-electron chi connectivity index (χ0n) is 19.9. The Bertz CT molecular complexity index is 1590. The molecular weight excluding hydrogens is 546 g/mol. The summed E-state index contributed by atoms with van der Waals surface area (Å²) >= 11 is 0. The Hall–Kier alpha value is -3.66. The fourth-order valence-corrected chi connectivity index (χ4v) is 3.83. The Kier molecular flexibility index (Phi) is 10.6. The van der Waals surface area contributed by atoms with Crippen molar-refractivity contribution in [2.24, 2.45) is 22.5 Å². The fraction of sp³-hybridized carbons (Fsp3) is 0.150. The summed E-state index contributed by atoms with van der Waals surface area (Å²) in [7, 11) is -6.08. The van der Waals surface area contributed by atoms with Crippen molar-refractivity contribution in [1.29, 1.82) is 5.26 Å². The molecule has 1 heterocycles. The number of rotatable bonds is 4. The number of aromatic nitrogens is 2. The summed E-state index contributed by atoms with van der Waals surface area (Å²) in [5.41, 5.74) is 0.829. The Balaban J connectivity index is 0.000000283. The summed E-state index contributed by atoms with van der Waals surface area (Å²) in [4.78, 5) is 12.9. The monoisotopic (exact) mass is 571 g/mol. The Morgan fingerprint density at radius 2 is 1.24 bits per heavy atom. The molecule has 0 saturated carbocycles. The number of carbonyl (C=O) groups is 1. The van der Waals surface area contributed by atoms with Crippen LogP contribution in [-0.2, 0) is 37.1 Å². The van der Waals surface area contributed by atoms with Crippen LogP contribution in [0.5, 0.6) is 0 Å². The minimum absolute atomic E-state index is 0.00203. The van der Waals surface area contributed by atoms with Gasteiger partial charge in [0.1, 0.15) is 0 Å². The first-order chi connectivity index (χ1) is 16.9. The molecule has 0 fully saturated rings. The lowest BCUT2D eigenvalue weighted by molar-refractivity contribution is 0.0827. The van der Waals surface area contributed by atoms with E-state index in [4.69, 9.17) is 20.7 Å².